The van der Waals surface area contributed by atoms with Crippen molar-refractivity contribution >= 4 is 23.6 Å². The van der Waals surface area contributed by atoms with E-state index in [0.717, 1.165) is 6.07 Å². The quantitative estimate of drug-likeness (QED) is 0.430. The van der Waals surface area contributed by atoms with E-state index in [-0.39, 0.29) is 13.1 Å². The van der Waals surface area contributed by atoms with Crippen LogP contribution in [0.4, 0.5) is 18.9 Å². The van der Waals surface area contributed by atoms with Crippen LogP contribution in [0.2, 0.25) is 0 Å². The van der Waals surface area contributed by atoms with Crippen molar-refractivity contribution in [2.75, 3.05) is 32.1 Å². The largest absolute Gasteiger partial charge is 0.493 e. The standard InChI is InChI=1S/C23H25F3N2O4/c1-4-12-28(14-20(29)27-17-9-8-16(24)22(25)23(17)26)21(30)11-7-15-6-10-18(32-5-2)19(13-15)31-3/h6-11,13H,4-5,12,14H2,1-3H3,(H,27,29)/b11-7+. The summed E-state index contributed by atoms with van der Waals surface area (Å²) in [5, 5.41) is 2.16. The first-order valence-electron chi connectivity index (χ1n) is 10.0. The molecular formula is C23H25F3N2O4. The lowest BCUT2D eigenvalue weighted by Gasteiger charge is -2.20. The van der Waals surface area contributed by atoms with E-state index in [0.29, 0.717) is 36.2 Å². The summed E-state index contributed by atoms with van der Waals surface area (Å²) in [6.45, 7) is 4.04. The molecule has 0 aliphatic carbocycles. The van der Waals surface area contributed by atoms with Gasteiger partial charge in [0.05, 0.1) is 19.4 Å². The number of carbonyl (C=O) groups excluding carboxylic acids is 2. The zero-order valence-corrected chi connectivity index (χ0v) is 18.1. The second-order valence-corrected chi connectivity index (χ2v) is 6.71. The number of ether oxygens (including phenoxy) is 2. The molecule has 0 unspecified atom stereocenters. The summed E-state index contributed by atoms with van der Waals surface area (Å²) in [5.74, 6) is -4.64. The minimum atomic E-state index is -1.68. The smallest absolute Gasteiger partial charge is 0.247 e. The first-order chi connectivity index (χ1) is 15.3. The van der Waals surface area contributed by atoms with E-state index >= 15 is 0 Å². The van der Waals surface area contributed by atoms with E-state index in [2.05, 4.69) is 5.32 Å². The third-order valence-electron chi connectivity index (χ3n) is 4.35. The third kappa shape index (κ3) is 6.50. The summed E-state index contributed by atoms with van der Waals surface area (Å²) in [4.78, 5) is 26.1. The van der Waals surface area contributed by atoms with Crippen LogP contribution in [0.25, 0.3) is 6.08 Å². The summed E-state index contributed by atoms with van der Waals surface area (Å²) < 4.78 is 50.9. The maximum atomic E-state index is 13.8. The highest BCUT2D eigenvalue weighted by Crippen LogP contribution is 2.28. The van der Waals surface area contributed by atoms with Crippen LogP contribution in [-0.4, -0.2) is 43.5 Å². The van der Waals surface area contributed by atoms with Gasteiger partial charge >= 0.3 is 0 Å². The van der Waals surface area contributed by atoms with Crippen molar-refractivity contribution in [3.05, 3.63) is 59.4 Å². The summed E-state index contributed by atoms with van der Waals surface area (Å²) in [6.07, 6.45) is 3.44. The van der Waals surface area contributed by atoms with E-state index in [9.17, 15) is 22.8 Å². The predicted octanol–water partition coefficient (Wildman–Crippen LogP) is 4.40. The molecule has 2 amide bonds. The van der Waals surface area contributed by atoms with Gasteiger partial charge in [-0.25, -0.2) is 13.2 Å². The molecule has 0 spiro atoms. The van der Waals surface area contributed by atoms with Crippen LogP contribution in [0.15, 0.2) is 36.4 Å². The summed E-state index contributed by atoms with van der Waals surface area (Å²) in [7, 11) is 1.51. The molecule has 1 N–H and O–H groups in total. The Morgan fingerprint density at radius 2 is 1.81 bits per heavy atom. The molecule has 2 aromatic rings. The van der Waals surface area contributed by atoms with Gasteiger partial charge in [0, 0.05) is 12.6 Å². The molecule has 0 radical (unpaired) electrons. The van der Waals surface area contributed by atoms with Crippen LogP contribution < -0.4 is 14.8 Å². The Bertz CT molecular complexity index is 995. The SMILES string of the molecule is CCCN(CC(=O)Nc1ccc(F)c(F)c1F)C(=O)/C=C/c1ccc(OCC)c(OC)c1. The molecular weight excluding hydrogens is 425 g/mol. The van der Waals surface area contributed by atoms with Crippen molar-refractivity contribution in [1.82, 2.24) is 4.90 Å². The van der Waals surface area contributed by atoms with Crippen LogP contribution >= 0.6 is 0 Å². The highest BCUT2D eigenvalue weighted by molar-refractivity contribution is 5.98. The molecule has 6 nitrogen and oxygen atoms in total. The topological polar surface area (TPSA) is 67.9 Å². The number of anilines is 1. The van der Waals surface area contributed by atoms with Gasteiger partial charge in [-0.2, -0.15) is 0 Å². The van der Waals surface area contributed by atoms with Gasteiger partial charge in [-0.15, -0.1) is 0 Å². The molecule has 0 atom stereocenters. The van der Waals surface area contributed by atoms with Crippen molar-refractivity contribution in [1.29, 1.82) is 0 Å². The van der Waals surface area contributed by atoms with Crippen molar-refractivity contribution in [3.63, 3.8) is 0 Å². The average Bonchev–Trinajstić information content (AvgIpc) is 2.78. The lowest BCUT2D eigenvalue weighted by Crippen LogP contribution is -2.37. The maximum Gasteiger partial charge on any atom is 0.247 e. The number of methoxy groups -OCH3 is 1. The fraction of sp³-hybridized carbons (Fsp3) is 0.304. The van der Waals surface area contributed by atoms with Gasteiger partial charge in [0.1, 0.15) is 6.54 Å². The second-order valence-electron chi connectivity index (χ2n) is 6.71. The zero-order valence-electron chi connectivity index (χ0n) is 18.1. The van der Waals surface area contributed by atoms with Gasteiger partial charge < -0.3 is 19.7 Å². The van der Waals surface area contributed by atoms with Crippen molar-refractivity contribution in [2.24, 2.45) is 0 Å². The first kappa shape index (κ1) is 24.8. The van der Waals surface area contributed by atoms with Crippen LogP contribution in [0.3, 0.4) is 0 Å². The van der Waals surface area contributed by atoms with Crippen LogP contribution in [0.1, 0.15) is 25.8 Å². The number of nitrogens with one attached hydrogen (secondary N) is 1. The predicted molar refractivity (Wildman–Crippen MR) is 115 cm³/mol. The number of amides is 2. The van der Waals surface area contributed by atoms with Crippen molar-refractivity contribution < 1.29 is 32.2 Å². The number of benzene rings is 2. The molecule has 0 aromatic heterocycles. The van der Waals surface area contributed by atoms with E-state index in [1.165, 1.54) is 18.1 Å². The lowest BCUT2D eigenvalue weighted by atomic mass is 10.2. The van der Waals surface area contributed by atoms with E-state index in [1.807, 2.05) is 13.8 Å². The number of hydrogen-bond donors (Lipinski definition) is 1. The van der Waals surface area contributed by atoms with Gasteiger partial charge in [0.25, 0.3) is 0 Å². The lowest BCUT2D eigenvalue weighted by molar-refractivity contribution is -0.130. The third-order valence-corrected chi connectivity index (χ3v) is 4.35. The van der Waals surface area contributed by atoms with Gasteiger partial charge in [0.2, 0.25) is 11.8 Å². The highest BCUT2D eigenvalue weighted by atomic mass is 19.2. The molecule has 0 fully saturated rings. The zero-order chi connectivity index (χ0) is 23.7. The van der Waals surface area contributed by atoms with Crippen molar-refractivity contribution in [2.45, 2.75) is 20.3 Å². The fourth-order valence-electron chi connectivity index (χ4n) is 2.86. The molecule has 0 heterocycles. The second kappa shape index (κ2) is 11.8. The Balaban J connectivity index is 2.09. The normalized spacial score (nSPS) is 10.8. The Labute approximate surface area is 184 Å². The Hall–Kier alpha value is -3.49. The maximum absolute atomic E-state index is 13.8. The molecule has 32 heavy (non-hydrogen) atoms. The first-order valence-corrected chi connectivity index (χ1v) is 10.0. The molecule has 9 heteroatoms. The fourth-order valence-corrected chi connectivity index (χ4v) is 2.86. The number of halogens is 3. The minimum absolute atomic E-state index is 0.267. The van der Waals surface area contributed by atoms with Crippen LogP contribution in [0, 0.1) is 17.5 Å². The molecule has 0 saturated carbocycles. The van der Waals surface area contributed by atoms with Crippen molar-refractivity contribution in [3.8, 4) is 11.5 Å². The monoisotopic (exact) mass is 450 g/mol. The summed E-state index contributed by atoms with van der Waals surface area (Å²) in [5.41, 5.74) is 0.179. The average molecular weight is 450 g/mol. The molecule has 172 valence electrons. The highest BCUT2D eigenvalue weighted by Gasteiger charge is 2.18. The molecule has 2 aromatic carbocycles. The number of hydrogen-bond acceptors (Lipinski definition) is 4. The molecule has 0 bridgehead atoms. The summed E-state index contributed by atoms with van der Waals surface area (Å²) in [6, 6.07) is 6.80. The Morgan fingerprint density at radius 3 is 2.47 bits per heavy atom. The van der Waals surface area contributed by atoms with Crippen LogP contribution in [-0.2, 0) is 9.59 Å². The van der Waals surface area contributed by atoms with Gasteiger partial charge in [-0.3, -0.25) is 9.59 Å². The van der Waals surface area contributed by atoms with E-state index in [1.54, 1.807) is 24.3 Å². The molecule has 0 aliphatic heterocycles. The Morgan fingerprint density at radius 1 is 1.06 bits per heavy atom. The number of nitrogens with zero attached hydrogens (tertiary/aromatic N) is 1. The van der Waals surface area contributed by atoms with Gasteiger partial charge in [0.15, 0.2) is 29.0 Å². The molecule has 2 rings (SSSR count). The van der Waals surface area contributed by atoms with E-state index < -0.39 is 35.0 Å². The van der Waals surface area contributed by atoms with Crippen LogP contribution in [0.5, 0.6) is 11.5 Å². The Kier molecular flexibility index (Phi) is 9.12. The molecule has 0 aliphatic rings. The number of carbonyl (C=O) groups is 2. The minimum Gasteiger partial charge on any atom is -0.493 e. The summed E-state index contributed by atoms with van der Waals surface area (Å²) >= 11 is 0. The van der Waals surface area contributed by atoms with Gasteiger partial charge in [-0.1, -0.05) is 13.0 Å². The number of rotatable bonds is 10. The van der Waals surface area contributed by atoms with Gasteiger partial charge in [-0.05, 0) is 49.2 Å². The molecule has 0 saturated heterocycles. The van der Waals surface area contributed by atoms with E-state index in [4.69, 9.17) is 9.47 Å².